The maximum atomic E-state index is 12.6. The molecule has 128 valence electrons. The van der Waals surface area contributed by atoms with Crippen molar-refractivity contribution in [3.05, 3.63) is 41.5 Å². The molecule has 1 rings (SSSR count). The van der Waals surface area contributed by atoms with Crippen molar-refractivity contribution in [2.75, 3.05) is 0 Å². The number of benzene rings is 1. The first kappa shape index (κ1) is 19.5. The van der Waals surface area contributed by atoms with Gasteiger partial charge in [0.2, 0.25) is 5.91 Å². The van der Waals surface area contributed by atoms with Crippen molar-refractivity contribution in [2.45, 2.75) is 78.8 Å². The summed E-state index contributed by atoms with van der Waals surface area (Å²) >= 11 is 0. The highest BCUT2D eigenvalue weighted by molar-refractivity contribution is 5.92. The molecule has 0 heterocycles. The van der Waals surface area contributed by atoms with Gasteiger partial charge in [-0.1, -0.05) is 58.9 Å². The topological polar surface area (TPSA) is 20.3 Å². The van der Waals surface area contributed by atoms with E-state index in [-0.39, 0.29) is 23.4 Å². The zero-order chi connectivity index (χ0) is 17.6. The molecule has 2 unspecified atom stereocenters. The third-order valence-electron chi connectivity index (χ3n) is 4.58. The number of hydrogen-bond acceptors (Lipinski definition) is 1. The van der Waals surface area contributed by atoms with Gasteiger partial charge in [-0.15, -0.1) is 0 Å². The predicted octanol–water partition coefficient (Wildman–Crippen LogP) is 5.42. The molecule has 1 aromatic rings. The Morgan fingerprint density at radius 3 is 1.91 bits per heavy atom. The summed E-state index contributed by atoms with van der Waals surface area (Å²) in [6, 6.07) is 8.99. The maximum absolute atomic E-state index is 12.6. The first-order valence-electron chi connectivity index (χ1n) is 8.81. The van der Waals surface area contributed by atoms with Crippen LogP contribution in [0.2, 0.25) is 0 Å². The molecule has 0 radical (unpaired) electrons. The lowest BCUT2D eigenvalue weighted by atomic mass is 9.87. The van der Waals surface area contributed by atoms with E-state index < -0.39 is 0 Å². The number of carbonyl (C=O) groups excluding carboxylic acids is 1. The molecule has 0 bridgehead atoms. The van der Waals surface area contributed by atoms with Crippen LogP contribution in [0.1, 0.15) is 72.4 Å². The minimum Gasteiger partial charge on any atom is -0.334 e. The van der Waals surface area contributed by atoms with Gasteiger partial charge >= 0.3 is 0 Å². The third kappa shape index (κ3) is 5.53. The van der Waals surface area contributed by atoms with Crippen LogP contribution in [0.3, 0.4) is 0 Å². The van der Waals surface area contributed by atoms with Crippen LogP contribution in [-0.4, -0.2) is 22.9 Å². The van der Waals surface area contributed by atoms with Crippen LogP contribution in [-0.2, 0) is 10.2 Å². The van der Waals surface area contributed by atoms with E-state index in [1.54, 1.807) is 6.08 Å². The third-order valence-corrected chi connectivity index (χ3v) is 4.58. The van der Waals surface area contributed by atoms with Crippen LogP contribution in [0.15, 0.2) is 30.3 Å². The molecule has 0 aliphatic carbocycles. The molecule has 2 heteroatoms. The van der Waals surface area contributed by atoms with Crippen molar-refractivity contribution < 1.29 is 4.79 Å². The van der Waals surface area contributed by atoms with Gasteiger partial charge < -0.3 is 4.90 Å². The van der Waals surface area contributed by atoms with Crippen LogP contribution in [0.4, 0.5) is 0 Å². The second-order valence-corrected chi connectivity index (χ2v) is 7.47. The average molecular weight is 316 g/mol. The van der Waals surface area contributed by atoms with Crippen molar-refractivity contribution in [1.29, 1.82) is 0 Å². The lowest BCUT2D eigenvalue weighted by Crippen LogP contribution is -2.43. The molecule has 0 N–H and O–H groups in total. The molecule has 0 aromatic heterocycles. The van der Waals surface area contributed by atoms with Gasteiger partial charge in [0.05, 0.1) is 0 Å². The number of nitrogens with zero attached hydrogens (tertiary/aromatic N) is 1. The SMILES string of the molecule is CCC(C)N(C(=O)/C=C/c1ccc(C(C)(C)C)cc1)C(C)CC. The molecule has 2 nitrogen and oxygen atoms in total. The molecule has 1 aromatic carbocycles. The van der Waals surface area contributed by atoms with Gasteiger partial charge in [-0.3, -0.25) is 4.79 Å². The Labute approximate surface area is 142 Å². The first-order chi connectivity index (χ1) is 10.7. The lowest BCUT2D eigenvalue weighted by molar-refractivity contribution is -0.130. The minimum absolute atomic E-state index is 0.105. The number of carbonyl (C=O) groups is 1. The Kier molecular flexibility index (Phi) is 7.05. The van der Waals surface area contributed by atoms with E-state index in [0.29, 0.717) is 0 Å². The minimum atomic E-state index is 0.105. The van der Waals surface area contributed by atoms with Crippen LogP contribution < -0.4 is 0 Å². The van der Waals surface area contributed by atoms with E-state index >= 15 is 0 Å². The summed E-state index contributed by atoms with van der Waals surface area (Å²) in [5.41, 5.74) is 2.53. The summed E-state index contributed by atoms with van der Waals surface area (Å²) in [5.74, 6) is 0.105. The number of hydrogen-bond donors (Lipinski definition) is 0. The smallest absolute Gasteiger partial charge is 0.247 e. The Morgan fingerprint density at radius 1 is 1.04 bits per heavy atom. The Bertz CT molecular complexity index is 512. The maximum Gasteiger partial charge on any atom is 0.247 e. The van der Waals surface area contributed by atoms with E-state index in [0.717, 1.165) is 18.4 Å². The summed E-state index contributed by atoms with van der Waals surface area (Å²) in [6.45, 7) is 15.1. The van der Waals surface area contributed by atoms with Crippen molar-refractivity contribution in [1.82, 2.24) is 4.90 Å². The fraction of sp³-hybridized carbons (Fsp3) is 0.571. The van der Waals surface area contributed by atoms with Crippen molar-refractivity contribution in [2.24, 2.45) is 0 Å². The van der Waals surface area contributed by atoms with Gasteiger partial charge in [-0.2, -0.15) is 0 Å². The van der Waals surface area contributed by atoms with E-state index in [4.69, 9.17) is 0 Å². The summed E-state index contributed by atoms with van der Waals surface area (Å²) in [6.07, 6.45) is 5.59. The van der Waals surface area contributed by atoms with E-state index in [2.05, 4.69) is 72.7 Å². The standard InChI is InChI=1S/C21H33NO/c1-8-16(3)22(17(4)9-2)20(23)15-12-18-10-13-19(14-11-18)21(5,6)7/h10-17H,8-9H2,1-7H3/b15-12+. The van der Waals surface area contributed by atoms with E-state index in [1.165, 1.54) is 5.56 Å². The van der Waals surface area contributed by atoms with Crippen LogP contribution in [0.25, 0.3) is 6.08 Å². The average Bonchev–Trinajstić information content (AvgIpc) is 2.52. The molecular weight excluding hydrogens is 282 g/mol. The van der Waals surface area contributed by atoms with Gasteiger partial charge in [-0.05, 0) is 49.3 Å². The van der Waals surface area contributed by atoms with Gasteiger partial charge in [0.15, 0.2) is 0 Å². The second-order valence-electron chi connectivity index (χ2n) is 7.47. The number of amides is 1. The highest BCUT2D eigenvalue weighted by Crippen LogP contribution is 2.22. The summed E-state index contributed by atoms with van der Waals surface area (Å²) in [5, 5.41) is 0. The van der Waals surface area contributed by atoms with Crippen molar-refractivity contribution >= 4 is 12.0 Å². The molecule has 0 aliphatic rings. The quantitative estimate of drug-likeness (QED) is 0.642. The summed E-state index contributed by atoms with van der Waals surface area (Å²) in [7, 11) is 0. The molecule has 0 spiro atoms. The fourth-order valence-electron chi connectivity index (χ4n) is 2.61. The van der Waals surface area contributed by atoms with Crippen molar-refractivity contribution in [3.63, 3.8) is 0 Å². The molecule has 0 saturated heterocycles. The Balaban J connectivity index is 2.87. The van der Waals surface area contributed by atoms with Crippen LogP contribution in [0.5, 0.6) is 0 Å². The Morgan fingerprint density at radius 2 is 1.52 bits per heavy atom. The zero-order valence-electron chi connectivity index (χ0n) is 15.9. The monoisotopic (exact) mass is 315 g/mol. The largest absolute Gasteiger partial charge is 0.334 e. The van der Waals surface area contributed by atoms with Crippen LogP contribution >= 0.6 is 0 Å². The molecule has 2 atom stereocenters. The molecule has 0 saturated carbocycles. The summed E-state index contributed by atoms with van der Waals surface area (Å²) in [4.78, 5) is 14.6. The van der Waals surface area contributed by atoms with Gasteiger partial charge in [0.25, 0.3) is 0 Å². The highest BCUT2D eigenvalue weighted by atomic mass is 16.2. The fourth-order valence-corrected chi connectivity index (χ4v) is 2.61. The normalized spacial score (nSPS) is 14.7. The van der Waals surface area contributed by atoms with E-state index in [9.17, 15) is 4.79 Å². The predicted molar refractivity (Wildman–Crippen MR) is 101 cm³/mol. The van der Waals surface area contributed by atoms with Gasteiger partial charge in [-0.25, -0.2) is 0 Å². The molecule has 1 amide bonds. The zero-order valence-corrected chi connectivity index (χ0v) is 15.9. The number of rotatable bonds is 6. The van der Waals surface area contributed by atoms with E-state index in [1.807, 2.05) is 11.0 Å². The lowest BCUT2D eigenvalue weighted by Gasteiger charge is -2.33. The van der Waals surface area contributed by atoms with Gasteiger partial charge in [0, 0.05) is 18.2 Å². The van der Waals surface area contributed by atoms with Crippen LogP contribution in [0, 0.1) is 0 Å². The Hall–Kier alpha value is -1.57. The molecule has 23 heavy (non-hydrogen) atoms. The molecule has 0 fully saturated rings. The second kappa shape index (κ2) is 8.33. The summed E-state index contributed by atoms with van der Waals surface area (Å²) < 4.78 is 0. The molecule has 0 aliphatic heterocycles. The first-order valence-corrected chi connectivity index (χ1v) is 8.81. The highest BCUT2D eigenvalue weighted by Gasteiger charge is 2.21. The van der Waals surface area contributed by atoms with Gasteiger partial charge in [0.1, 0.15) is 0 Å². The van der Waals surface area contributed by atoms with Crippen molar-refractivity contribution in [3.8, 4) is 0 Å². The molecular formula is C21H33NO.